The maximum absolute atomic E-state index is 5.50. The Bertz CT molecular complexity index is 2340. The van der Waals surface area contributed by atoms with E-state index in [4.69, 9.17) is 4.74 Å². The van der Waals surface area contributed by atoms with Gasteiger partial charge in [-0.2, -0.15) is 0 Å². The summed E-state index contributed by atoms with van der Waals surface area (Å²) in [5.41, 5.74) is 10.5. The van der Waals surface area contributed by atoms with Gasteiger partial charge in [-0.15, -0.1) is 11.3 Å². The van der Waals surface area contributed by atoms with E-state index in [9.17, 15) is 0 Å². The Morgan fingerprint density at radius 1 is 0.589 bits per heavy atom. The maximum atomic E-state index is 5.50. The highest BCUT2D eigenvalue weighted by atomic mass is 32.1. The van der Waals surface area contributed by atoms with Crippen LogP contribution in [0.3, 0.4) is 0 Å². The fourth-order valence-electron chi connectivity index (χ4n) is 9.61. The second kappa shape index (κ2) is 16.5. The highest BCUT2D eigenvalue weighted by Gasteiger charge is 2.24. The van der Waals surface area contributed by atoms with Crippen molar-refractivity contribution in [1.29, 1.82) is 0 Å². The van der Waals surface area contributed by atoms with Crippen molar-refractivity contribution in [2.75, 3.05) is 12.0 Å². The normalized spacial score (nSPS) is 15.5. The predicted molar refractivity (Wildman–Crippen MR) is 242 cm³/mol. The van der Waals surface area contributed by atoms with Crippen molar-refractivity contribution in [3.05, 3.63) is 155 Å². The van der Waals surface area contributed by atoms with E-state index in [1.807, 2.05) is 11.3 Å². The molecular weight excluding hydrogens is 699 g/mol. The Morgan fingerprint density at radius 3 is 1.64 bits per heavy atom. The first-order valence-electron chi connectivity index (χ1n) is 21.1. The zero-order valence-corrected chi connectivity index (χ0v) is 33.8. The molecule has 56 heavy (non-hydrogen) atoms. The van der Waals surface area contributed by atoms with Crippen LogP contribution < -0.4 is 9.64 Å². The summed E-state index contributed by atoms with van der Waals surface area (Å²) in [5.74, 6) is 2.26. The van der Waals surface area contributed by atoms with Crippen LogP contribution in [0.5, 0.6) is 5.75 Å². The van der Waals surface area contributed by atoms with E-state index in [1.165, 1.54) is 140 Å². The van der Waals surface area contributed by atoms with Crippen molar-refractivity contribution in [1.82, 2.24) is 0 Å². The number of hydrogen-bond acceptors (Lipinski definition) is 3. The Morgan fingerprint density at radius 2 is 1.12 bits per heavy atom. The van der Waals surface area contributed by atoms with Crippen molar-refractivity contribution in [3.63, 3.8) is 0 Å². The molecule has 2 aliphatic carbocycles. The molecule has 2 saturated carbocycles. The standard InChI is InChI=1S/C53H53NOS/c1-3-37-36-45(55-2)32-26-40(37)27-33-46-34-35-51(56-46)52-47-18-10-12-20-49(47)53(50-21-13-11-19-48(50)52)54(43-28-22-41(23-29-43)38-14-6-4-7-15-38)44-30-24-42(25-31-44)39-16-8-5-9-17-39/h10-13,18-36,38-39H,3-9,14-17H2,1-2H3/b33-27+. The van der Waals surface area contributed by atoms with E-state index in [0.717, 1.165) is 12.2 Å². The number of nitrogens with zero attached hydrogens (tertiary/aromatic N) is 1. The van der Waals surface area contributed by atoms with Gasteiger partial charge in [0.15, 0.2) is 0 Å². The number of fused-ring (bicyclic) bond motifs is 2. The third-order valence-corrected chi connectivity index (χ3v) is 13.7. The molecule has 0 unspecified atom stereocenters. The van der Waals surface area contributed by atoms with Crippen molar-refractivity contribution >= 4 is 62.1 Å². The SMILES string of the molecule is CCc1cc(OC)ccc1/C=C/c1ccc(-c2c3ccccc3c(N(c3ccc(C4CCCCC4)cc3)c3ccc(C4CCCCC4)cc3)c3ccccc23)s1. The average Bonchev–Trinajstić information content (AvgIpc) is 3.75. The van der Waals surface area contributed by atoms with Crippen LogP contribution in [0.25, 0.3) is 44.1 Å². The molecule has 2 nitrogen and oxygen atoms in total. The summed E-state index contributed by atoms with van der Waals surface area (Å²) in [6.45, 7) is 2.20. The topological polar surface area (TPSA) is 12.5 Å². The monoisotopic (exact) mass is 751 g/mol. The number of hydrogen-bond donors (Lipinski definition) is 0. The van der Waals surface area contributed by atoms with Gasteiger partial charge in [-0.05, 0) is 132 Å². The lowest BCUT2D eigenvalue weighted by Crippen LogP contribution is -2.12. The Labute approximate surface area is 337 Å². The summed E-state index contributed by atoms with van der Waals surface area (Å²) in [4.78, 5) is 5.08. The third kappa shape index (κ3) is 7.30. The number of rotatable bonds is 10. The van der Waals surface area contributed by atoms with Gasteiger partial charge < -0.3 is 9.64 Å². The minimum absolute atomic E-state index is 0.678. The second-order valence-corrected chi connectivity index (χ2v) is 17.1. The third-order valence-electron chi connectivity index (χ3n) is 12.6. The summed E-state index contributed by atoms with van der Waals surface area (Å²) >= 11 is 1.87. The van der Waals surface area contributed by atoms with Gasteiger partial charge in [0.05, 0.1) is 12.8 Å². The number of thiophene rings is 1. The average molecular weight is 752 g/mol. The number of ether oxygens (including phenoxy) is 1. The molecule has 0 saturated heterocycles. The number of aryl methyl sites for hydroxylation is 1. The van der Waals surface area contributed by atoms with Crippen molar-refractivity contribution in [2.45, 2.75) is 89.4 Å². The van der Waals surface area contributed by atoms with Gasteiger partial charge in [-0.1, -0.05) is 130 Å². The van der Waals surface area contributed by atoms with Crippen LogP contribution in [0.15, 0.2) is 127 Å². The van der Waals surface area contributed by atoms with Crippen LogP contribution in [0, 0.1) is 0 Å². The number of methoxy groups -OCH3 is 1. The van der Waals surface area contributed by atoms with Gasteiger partial charge in [0, 0.05) is 37.5 Å². The van der Waals surface area contributed by atoms with Gasteiger partial charge in [0.2, 0.25) is 0 Å². The summed E-state index contributed by atoms with van der Waals surface area (Å²) in [6.07, 6.45) is 18.9. The van der Waals surface area contributed by atoms with E-state index in [1.54, 1.807) is 7.11 Å². The number of anilines is 3. The molecule has 0 N–H and O–H groups in total. The van der Waals surface area contributed by atoms with Crippen LogP contribution in [0.2, 0.25) is 0 Å². The molecule has 0 bridgehead atoms. The fraction of sp³-hybridized carbons (Fsp3) is 0.283. The Hall–Kier alpha value is -5.12. The van der Waals surface area contributed by atoms with Crippen molar-refractivity contribution in [3.8, 4) is 16.2 Å². The second-order valence-electron chi connectivity index (χ2n) is 16.0. The molecule has 0 radical (unpaired) electrons. The Balaban J connectivity index is 1.17. The molecule has 2 aliphatic rings. The van der Waals surface area contributed by atoms with Gasteiger partial charge in [-0.3, -0.25) is 0 Å². The molecule has 6 aromatic carbocycles. The smallest absolute Gasteiger partial charge is 0.119 e. The molecular formula is C53H53NOS. The predicted octanol–water partition coefficient (Wildman–Crippen LogP) is 16.0. The molecule has 0 spiro atoms. The van der Waals surface area contributed by atoms with E-state index in [2.05, 4.69) is 151 Å². The van der Waals surface area contributed by atoms with E-state index < -0.39 is 0 Å². The quantitative estimate of drug-likeness (QED) is 0.129. The van der Waals surface area contributed by atoms with E-state index in [0.29, 0.717) is 11.8 Å². The highest BCUT2D eigenvalue weighted by molar-refractivity contribution is 7.16. The van der Waals surface area contributed by atoms with Crippen LogP contribution in [0.1, 0.15) is 110 Å². The summed E-state index contributed by atoms with van der Waals surface area (Å²) < 4.78 is 5.50. The molecule has 7 aromatic rings. The minimum Gasteiger partial charge on any atom is -0.497 e. The first-order valence-corrected chi connectivity index (χ1v) is 21.9. The highest BCUT2D eigenvalue weighted by Crippen LogP contribution is 2.49. The van der Waals surface area contributed by atoms with Gasteiger partial charge >= 0.3 is 0 Å². The van der Waals surface area contributed by atoms with Crippen LogP contribution in [0.4, 0.5) is 17.1 Å². The lowest BCUT2D eigenvalue weighted by Gasteiger charge is -2.30. The van der Waals surface area contributed by atoms with E-state index >= 15 is 0 Å². The summed E-state index contributed by atoms with van der Waals surface area (Å²) in [7, 11) is 1.73. The first-order chi connectivity index (χ1) is 27.7. The molecule has 1 aromatic heterocycles. The first kappa shape index (κ1) is 36.5. The fourth-order valence-corrected chi connectivity index (χ4v) is 10.6. The lowest BCUT2D eigenvalue weighted by molar-refractivity contribution is 0.414. The molecule has 282 valence electrons. The molecule has 0 aliphatic heterocycles. The molecule has 9 rings (SSSR count). The zero-order valence-electron chi connectivity index (χ0n) is 33.0. The van der Waals surface area contributed by atoms with Gasteiger partial charge in [-0.25, -0.2) is 0 Å². The zero-order chi connectivity index (χ0) is 37.8. The van der Waals surface area contributed by atoms with Gasteiger partial charge in [0.25, 0.3) is 0 Å². The summed E-state index contributed by atoms with van der Waals surface area (Å²) in [6, 6.07) is 48.4. The van der Waals surface area contributed by atoms with Crippen molar-refractivity contribution in [2.24, 2.45) is 0 Å². The molecule has 0 amide bonds. The largest absolute Gasteiger partial charge is 0.497 e. The molecule has 3 heteroatoms. The van der Waals surface area contributed by atoms with Crippen LogP contribution in [-0.4, -0.2) is 7.11 Å². The molecule has 0 atom stereocenters. The van der Waals surface area contributed by atoms with Crippen LogP contribution >= 0.6 is 11.3 Å². The Kier molecular flexibility index (Phi) is 10.8. The van der Waals surface area contributed by atoms with Crippen LogP contribution in [-0.2, 0) is 6.42 Å². The van der Waals surface area contributed by atoms with Crippen molar-refractivity contribution < 1.29 is 4.74 Å². The maximum Gasteiger partial charge on any atom is 0.119 e. The van der Waals surface area contributed by atoms with Gasteiger partial charge in [0.1, 0.15) is 5.75 Å². The number of benzene rings is 6. The molecule has 1 heterocycles. The lowest BCUT2D eigenvalue weighted by atomic mass is 9.84. The summed E-state index contributed by atoms with van der Waals surface area (Å²) in [5, 5.41) is 5.10. The minimum atomic E-state index is 0.678. The van der Waals surface area contributed by atoms with E-state index in [-0.39, 0.29) is 0 Å². The molecule has 2 fully saturated rings.